The Labute approximate surface area is 193 Å². The monoisotopic (exact) mass is 527 g/mol. The van der Waals surface area contributed by atoms with Gasteiger partial charge in [-0.1, -0.05) is 22.6 Å². The van der Waals surface area contributed by atoms with Gasteiger partial charge in [0.05, 0.1) is 13.7 Å². The van der Waals surface area contributed by atoms with Crippen LogP contribution in [0.5, 0.6) is 5.75 Å². The number of hydrogen-bond donors (Lipinski definition) is 1. The van der Waals surface area contributed by atoms with Crippen molar-refractivity contribution in [3.8, 4) is 5.75 Å². The molecule has 1 aromatic rings. The van der Waals surface area contributed by atoms with Crippen molar-refractivity contribution in [3.05, 3.63) is 29.3 Å². The lowest BCUT2D eigenvalue weighted by Gasteiger charge is -2.46. The van der Waals surface area contributed by atoms with E-state index in [-0.39, 0.29) is 17.4 Å². The first-order valence-corrected chi connectivity index (χ1v) is 12.4. The minimum absolute atomic E-state index is 0.0482. The van der Waals surface area contributed by atoms with Crippen LogP contribution in [0.25, 0.3) is 0 Å². The molecule has 1 N–H and O–H groups in total. The molecule has 0 aromatic heterocycles. The van der Waals surface area contributed by atoms with Crippen LogP contribution in [0, 0.1) is 5.92 Å². The normalized spacial score (nSPS) is 19.1. The minimum Gasteiger partial charge on any atom is -0.497 e. The van der Waals surface area contributed by atoms with Crippen LogP contribution in [0.4, 0.5) is 0 Å². The summed E-state index contributed by atoms with van der Waals surface area (Å²) in [4.78, 5) is 29.4. The smallest absolute Gasteiger partial charge is 0.251 e. The highest BCUT2D eigenvalue weighted by Crippen LogP contribution is 2.36. The predicted molar refractivity (Wildman–Crippen MR) is 127 cm³/mol. The number of carbonyl (C=O) groups excluding carboxylic acids is 2. The molecule has 166 valence electrons. The number of likely N-dealkylation sites (tertiary alicyclic amines) is 1. The van der Waals surface area contributed by atoms with Gasteiger partial charge in [0.25, 0.3) is 5.91 Å². The second-order valence-electron chi connectivity index (χ2n) is 8.94. The number of ether oxygens (including phenoxy) is 1. The number of alkyl halides is 1. The van der Waals surface area contributed by atoms with Crippen molar-refractivity contribution in [3.63, 3.8) is 0 Å². The Morgan fingerprint density at radius 2 is 1.97 bits per heavy atom. The zero-order valence-corrected chi connectivity index (χ0v) is 20.5. The number of halogens is 1. The Kier molecular flexibility index (Phi) is 8.01. The van der Waals surface area contributed by atoms with E-state index in [4.69, 9.17) is 4.74 Å². The van der Waals surface area contributed by atoms with Gasteiger partial charge >= 0.3 is 0 Å². The molecule has 1 aliphatic carbocycles. The van der Waals surface area contributed by atoms with Crippen LogP contribution in [0.1, 0.15) is 54.9 Å². The molecule has 3 rings (SSSR count). The first-order valence-electron chi connectivity index (χ1n) is 10.9. The number of nitrogens with zero attached hydrogens (tertiary/aromatic N) is 2. The number of nitrogens with one attached hydrogen (secondary N) is 1. The van der Waals surface area contributed by atoms with E-state index in [2.05, 4.69) is 39.7 Å². The van der Waals surface area contributed by atoms with E-state index >= 15 is 0 Å². The van der Waals surface area contributed by atoms with Crippen LogP contribution in [0.15, 0.2) is 18.2 Å². The summed E-state index contributed by atoms with van der Waals surface area (Å²) in [6.45, 7) is 5.20. The van der Waals surface area contributed by atoms with Crippen LogP contribution in [0.2, 0.25) is 0 Å². The number of benzene rings is 1. The fourth-order valence-electron chi connectivity index (χ4n) is 4.30. The van der Waals surface area contributed by atoms with E-state index in [1.807, 2.05) is 24.1 Å². The Morgan fingerprint density at radius 3 is 2.53 bits per heavy atom. The van der Waals surface area contributed by atoms with Gasteiger partial charge in [0.15, 0.2) is 0 Å². The lowest BCUT2D eigenvalue weighted by Crippen LogP contribution is -2.55. The molecule has 0 radical (unpaired) electrons. The van der Waals surface area contributed by atoms with Crippen molar-refractivity contribution in [1.29, 1.82) is 0 Å². The molecular weight excluding hydrogens is 493 g/mol. The Bertz CT molecular complexity index is 736. The molecule has 2 amide bonds. The highest BCUT2D eigenvalue weighted by molar-refractivity contribution is 14.1. The first kappa shape index (κ1) is 23.3. The SMILES string of the molecule is COc1cc(CI)cc(C(=O)NCC2CCN(CC(=O)N(C)C3(C)CCC3)CC2)c1. The predicted octanol–water partition coefficient (Wildman–Crippen LogP) is 3.47. The Hall–Kier alpha value is -1.35. The van der Waals surface area contributed by atoms with Gasteiger partial charge in [-0.25, -0.2) is 0 Å². The maximum Gasteiger partial charge on any atom is 0.251 e. The van der Waals surface area contributed by atoms with Crippen LogP contribution in [0.3, 0.4) is 0 Å². The van der Waals surface area contributed by atoms with Crippen molar-refractivity contribution >= 4 is 34.4 Å². The molecule has 0 bridgehead atoms. The molecule has 1 aromatic carbocycles. The van der Waals surface area contributed by atoms with Gasteiger partial charge in [-0.3, -0.25) is 14.5 Å². The molecule has 6 nitrogen and oxygen atoms in total. The summed E-state index contributed by atoms with van der Waals surface area (Å²) in [5, 5.41) is 3.09. The van der Waals surface area contributed by atoms with E-state index in [1.165, 1.54) is 6.42 Å². The molecule has 1 saturated carbocycles. The summed E-state index contributed by atoms with van der Waals surface area (Å²) in [6, 6.07) is 5.68. The highest BCUT2D eigenvalue weighted by Gasteiger charge is 2.38. The molecule has 30 heavy (non-hydrogen) atoms. The molecule has 1 heterocycles. The Morgan fingerprint density at radius 1 is 1.27 bits per heavy atom. The van der Waals surface area contributed by atoms with E-state index in [0.29, 0.717) is 30.3 Å². The van der Waals surface area contributed by atoms with Gasteiger partial charge < -0.3 is 15.0 Å². The van der Waals surface area contributed by atoms with Crippen LogP contribution < -0.4 is 10.1 Å². The molecule has 2 fully saturated rings. The van der Waals surface area contributed by atoms with Gasteiger partial charge in [-0.05, 0) is 81.8 Å². The maximum atomic E-state index is 12.6. The third kappa shape index (κ3) is 5.66. The van der Waals surface area contributed by atoms with Crippen molar-refractivity contribution < 1.29 is 14.3 Å². The zero-order valence-electron chi connectivity index (χ0n) is 18.4. The van der Waals surface area contributed by atoms with Gasteiger partial charge in [-0.2, -0.15) is 0 Å². The van der Waals surface area contributed by atoms with Crippen LogP contribution in [-0.4, -0.2) is 67.5 Å². The fraction of sp³-hybridized carbons (Fsp3) is 0.652. The van der Waals surface area contributed by atoms with Gasteiger partial charge in [0.2, 0.25) is 5.91 Å². The second-order valence-corrected chi connectivity index (χ2v) is 9.70. The number of piperidine rings is 1. The summed E-state index contributed by atoms with van der Waals surface area (Å²) in [7, 11) is 3.57. The summed E-state index contributed by atoms with van der Waals surface area (Å²) in [6.07, 6.45) is 5.46. The molecule has 7 heteroatoms. The van der Waals surface area contributed by atoms with Crippen LogP contribution in [-0.2, 0) is 9.22 Å². The first-order chi connectivity index (χ1) is 14.3. The summed E-state index contributed by atoms with van der Waals surface area (Å²) in [5.74, 6) is 1.35. The van der Waals surface area contributed by atoms with Gasteiger partial charge in [-0.15, -0.1) is 0 Å². The average Bonchev–Trinajstić information content (AvgIpc) is 2.75. The largest absolute Gasteiger partial charge is 0.497 e. The lowest BCUT2D eigenvalue weighted by atomic mass is 9.77. The van der Waals surface area contributed by atoms with Crippen molar-refractivity contribution in [2.45, 2.75) is 49.0 Å². The summed E-state index contributed by atoms with van der Waals surface area (Å²) < 4.78 is 6.15. The topological polar surface area (TPSA) is 61.9 Å². The van der Waals surface area contributed by atoms with E-state index in [9.17, 15) is 9.59 Å². The van der Waals surface area contributed by atoms with E-state index in [1.54, 1.807) is 13.2 Å². The third-order valence-electron chi connectivity index (χ3n) is 6.85. The number of rotatable bonds is 8. The number of carbonyl (C=O) groups is 2. The molecule has 1 saturated heterocycles. The number of methoxy groups -OCH3 is 1. The fourth-order valence-corrected chi connectivity index (χ4v) is 4.74. The number of likely N-dealkylation sites (N-methyl/N-ethyl adjacent to an activating group) is 1. The molecule has 1 aliphatic heterocycles. The van der Waals surface area contributed by atoms with Crippen molar-refractivity contribution in [2.75, 3.05) is 40.3 Å². The average molecular weight is 527 g/mol. The van der Waals surface area contributed by atoms with Crippen molar-refractivity contribution in [2.24, 2.45) is 5.92 Å². The third-order valence-corrected chi connectivity index (χ3v) is 7.73. The number of amides is 2. The zero-order chi connectivity index (χ0) is 21.7. The minimum atomic E-state index is -0.0482. The van der Waals surface area contributed by atoms with Gasteiger partial charge in [0.1, 0.15) is 5.75 Å². The van der Waals surface area contributed by atoms with E-state index in [0.717, 1.165) is 48.8 Å². The highest BCUT2D eigenvalue weighted by atomic mass is 127. The quantitative estimate of drug-likeness (QED) is 0.416. The van der Waals surface area contributed by atoms with Crippen LogP contribution >= 0.6 is 22.6 Å². The lowest BCUT2D eigenvalue weighted by molar-refractivity contribution is -0.139. The molecule has 0 unspecified atom stereocenters. The molecular formula is C23H34IN3O3. The van der Waals surface area contributed by atoms with E-state index < -0.39 is 0 Å². The maximum absolute atomic E-state index is 12.6. The Balaban J connectivity index is 1.42. The standard InChI is InChI=1S/C23H34IN3O3/c1-23(7-4-8-23)26(2)21(28)16-27-9-5-17(6-10-27)15-25-22(29)19-11-18(14-24)12-20(13-19)30-3/h11-13,17H,4-10,14-16H2,1-3H3,(H,25,29). The molecule has 2 aliphatic rings. The second kappa shape index (κ2) is 10.3. The van der Waals surface area contributed by atoms with Gasteiger partial charge in [0, 0.05) is 29.1 Å². The van der Waals surface area contributed by atoms with Crippen molar-refractivity contribution in [1.82, 2.24) is 15.1 Å². The summed E-state index contributed by atoms with van der Waals surface area (Å²) in [5.41, 5.74) is 1.80. The molecule has 0 atom stereocenters. The number of hydrogen-bond acceptors (Lipinski definition) is 4. The summed E-state index contributed by atoms with van der Waals surface area (Å²) >= 11 is 2.29. The molecule has 0 spiro atoms.